The van der Waals surface area contributed by atoms with Crippen molar-refractivity contribution in [3.63, 3.8) is 0 Å². The number of nitrogens with zero attached hydrogens (tertiary/aromatic N) is 3. The SMILES string of the molecule is O=C1CCc2[c-]cccc2N1CCCN1CCN(c2cccc(C(F)(F)F)c2)CC1.[CH3-].[U+2]. The van der Waals surface area contributed by atoms with E-state index in [0.717, 1.165) is 49.8 Å². The van der Waals surface area contributed by atoms with Crippen molar-refractivity contribution in [1.82, 2.24) is 4.90 Å². The Kier molecular flexibility index (Phi) is 9.69. The van der Waals surface area contributed by atoms with Crippen LogP contribution >= 0.6 is 0 Å². The van der Waals surface area contributed by atoms with Gasteiger partial charge in [-0.3, -0.25) is 9.69 Å². The van der Waals surface area contributed by atoms with Crippen molar-refractivity contribution in [2.75, 3.05) is 49.1 Å². The molecule has 4 nitrogen and oxygen atoms in total. The molecule has 1 fully saturated rings. The summed E-state index contributed by atoms with van der Waals surface area (Å²) in [5.74, 6) is 0.163. The Balaban J connectivity index is 0.00000181. The zero-order chi connectivity index (χ0) is 21.1. The first-order chi connectivity index (χ1) is 14.4. The minimum absolute atomic E-state index is 0. The number of hydrogen-bond donors (Lipinski definition) is 0. The normalized spacial score (nSPS) is 16.8. The summed E-state index contributed by atoms with van der Waals surface area (Å²) >= 11 is 0. The summed E-state index contributed by atoms with van der Waals surface area (Å²) in [6, 6.07) is 14.6. The van der Waals surface area contributed by atoms with Crippen molar-refractivity contribution in [2.45, 2.75) is 25.4 Å². The summed E-state index contributed by atoms with van der Waals surface area (Å²) in [5, 5.41) is 0. The Morgan fingerprint density at radius 2 is 1.72 bits per heavy atom. The van der Waals surface area contributed by atoms with Crippen molar-refractivity contribution in [1.29, 1.82) is 0 Å². The van der Waals surface area contributed by atoms with Crippen LogP contribution in [0.25, 0.3) is 0 Å². The van der Waals surface area contributed by atoms with Crippen LogP contribution in [0.15, 0.2) is 42.5 Å². The topological polar surface area (TPSA) is 26.8 Å². The molecule has 2 heterocycles. The van der Waals surface area contributed by atoms with E-state index >= 15 is 0 Å². The van der Waals surface area contributed by atoms with Crippen LogP contribution in [0.4, 0.5) is 24.5 Å². The molecule has 0 spiro atoms. The molecule has 0 N–H and O–H groups in total. The summed E-state index contributed by atoms with van der Waals surface area (Å²) in [6.45, 7) is 4.54. The molecule has 0 aliphatic carbocycles. The maximum Gasteiger partial charge on any atom is 2.00 e. The van der Waals surface area contributed by atoms with E-state index in [0.29, 0.717) is 31.7 Å². The second-order valence-electron chi connectivity index (χ2n) is 7.81. The van der Waals surface area contributed by atoms with Gasteiger partial charge in [-0.05, 0) is 37.6 Å². The minimum atomic E-state index is -4.32. The molecule has 170 valence electrons. The summed E-state index contributed by atoms with van der Waals surface area (Å²) in [6.07, 6.45) is -2.17. The number of rotatable bonds is 5. The third-order valence-corrected chi connectivity index (χ3v) is 5.86. The van der Waals surface area contributed by atoms with Crippen LogP contribution in [0.1, 0.15) is 24.0 Å². The number of carbonyl (C=O) groups is 1. The molecule has 2 aromatic rings. The van der Waals surface area contributed by atoms with Gasteiger partial charge in [0.15, 0.2) is 0 Å². The molecule has 0 atom stereocenters. The van der Waals surface area contributed by atoms with Crippen molar-refractivity contribution < 1.29 is 49.1 Å². The Hall–Kier alpha value is -1.49. The number of aryl methyl sites for hydroxylation is 1. The predicted octanol–water partition coefficient (Wildman–Crippen LogP) is 4.45. The van der Waals surface area contributed by atoms with Gasteiger partial charge in [0.2, 0.25) is 5.91 Å². The fraction of sp³-hybridized carbons (Fsp3) is 0.417. The molecule has 2 aromatic carbocycles. The summed E-state index contributed by atoms with van der Waals surface area (Å²) < 4.78 is 38.9. The molecule has 2 aliphatic heterocycles. The first-order valence-corrected chi connectivity index (χ1v) is 10.4. The number of alkyl halides is 3. The second kappa shape index (κ2) is 11.6. The molecule has 0 radical (unpaired) electrons. The van der Waals surface area contributed by atoms with Gasteiger partial charge in [0.25, 0.3) is 0 Å². The quantitative estimate of drug-likeness (QED) is 0.441. The van der Waals surface area contributed by atoms with E-state index in [1.54, 1.807) is 6.07 Å². The van der Waals surface area contributed by atoms with Crippen LogP contribution < -0.4 is 9.80 Å². The third kappa shape index (κ3) is 6.30. The molecule has 8 heteroatoms. The van der Waals surface area contributed by atoms with E-state index in [4.69, 9.17) is 0 Å². The maximum absolute atomic E-state index is 13.0. The summed E-state index contributed by atoms with van der Waals surface area (Å²) in [4.78, 5) is 18.5. The Morgan fingerprint density at radius 1 is 0.969 bits per heavy atom. The molecule has 1 amide bonds. The van der Waals surface area contributed by atoms with Crippen molar-refractivity contribution >= 4 is 17.3 Å². The fourth-order valence-corrected chi connectivity index (χ4v) is 4.22. The monoisotopic (exact) mass is 669 g/mol. The maximum atomic E-state index is 13.0. The minimum Gasteiger partial charge on any atom is -0.369 e. The number of piperazine rings is 1. The summed E-state index contributed by atoms with van der Waals surface area (Å²) in [7, 11) is 0. The van der Waals surface area contributed by atoms with Crippen molar-refractivity contribution in [2.24, 2.45) is 0 Å². The Labute approximate surface area is 212 Å². The number of halogens is 3. The van der Waals surface area contributed by atoms with E-state index in [1.807, 2.05) is 28.0 Å². The van der Waals surface area contributed by atoms with Gasteiger partial charge in [0.05, 0.1) is 5.56 Å². The van der Waals surface area contributed by atoms with E-state index < -0.39 is 11.7 Å². The smallest absolute Gasteiger partial charge is 0.369 e. The Bertz CT molecular complexity index is 898. The molecule has 4 rings (SSSR count). The van der Waals surface area contributed by atoms with Crippen LogP contribution in [-0.2, 0) is 17.4 Å². The predicted molar refractivity (Wildman–Crippen MR) is 117 cm³/mol. The van der Waals surface area contributed by atoms with Gasteiger partial charge in [-0.25, -0.2) is 0 Å². The number of hydrogen-bond acceptors (Lipinski definition) is 3. The average Bonchev–Trinajstić information content (AvgIpc) is 2.75. The second-order valence-corrected chi connectivity index (χ2v) is 7.81. The molecule has 32 heavy (non-hydrogen) atoms. The molecule has 0 saturated carbocycles. The molecule has 0 bridgehead atoms. The van der Waals surface area contributed by atoms with Gasteiger partial charge in [-0.2, -0.15) is 31.4 Å². The van der Waals surface area contributed by atoms with E-state index in [2.05, 4.69) is 11.0 Å². The average molecular weight is 670 g/mol. The summed E-state index contributed by atoms with van der Waals surface area (Å²) in [5.41, 5.74) is 2.09. The van der Waals surface area contributed by atoms with Crippen LogP contribution in [0.3, 0.4) is 0 Å². The molecule has 0 aromatic heterocycles. The van der Waals surface area contributed by atoms with Crippen molar-refractivity contribution in [3.05, 3.63) is 67.1 Å². The van der Waals surface area contributed by atoms with Gasteiger partial charge in [0, 0.05) is 44.8 Å². The molecule has 0 unspecified atom stereocenters. The number of anilines is 2. The van der Waals surface area contributed by atoms with Crippen molar-refractivity contribution in [3.8, 4) is 0 Å². The van der Waals surface area contributed by atoms with Crippen LogP contribution in [-0.4, -0.2) is 50.1 Å². The van der Waals surface area contributed by atoms with Crippen LogP contribution in [0, 0.1) is 44.6 Å². The number of fused-ring (bicyclic) bond motifs is 1. The van der Waals surface area contributed by atoms with Gasteiger partial charge in [-0.1, -0.05) is 11.8 Å². The standard InChI is InChI=1S/C23H25F3N3O.CH3.U/c24-23(25,26)19-6-3-7-20(17-19)28-15-13-27(14-16-28)11-4-12-29-21-8-2-1-5-18(21)9-10-22(29)30;;/h1-3,6-8,17H,4,9-16H2;1H3;/q2*-1;+2. The van der Waals surface area contributed by atoms with E-state index in [1.165, 1.54) is 12.1 Å². The zero-order valence-electron chi connectivity index (χ0n) is 18.3. The van der Waals surface area contributed by atoms with Gasteiger partial charge < -0.3 is 17.2 Å². The molecule has 2 aliphatic rings. The fourth-order valence-electron chi connectivity index (χ4n) is 4.22. The van der Waals surface area contributed by atoms with Gasteiger partial charge in [0.1, 0.15) is 0 Å². The number of carbonyl (C=O) groups excluding carboxylic acids is 1. The van der Waals surface area contributed by atoms with E-state index in [9.17, 15) is 18.0 Å². The largest absolute Gasteiger partial charge is 2.00 e. The zero-order valence-corrected chi connectivity index (χ0v) is 22.5. The number of benzene rings is 2. The Morgan fingerprint density at radius 3 is 2.44 bits per heavy atom. The molecular weight excluding hydrogens is 641 g/mol. The molecular formula is C24H28F3N3OU. The van der Waals surface area contributed by atoms with Crippen LogP contribution in [0.5, 0.6) is 0 Å². The van der Waals surface area contributed by atoms with Gasteiger partial charge in [-0.15, -0.1) is 11.6 Å². The van der Waals surface area contributed by atoms with Crippen LogP contribution in [0.2, 0.25) is 0 Å². The first-order valence-electron chi connectivity index (χ1n) is 10.4. The number of amides is 1. The third-order valence-electron chi connectivity index (χ3n) is 5.86. The molecule has 1 saturated heterocycles. The van der Waals surface area contributed by atoms with Gasteiger partial charge >= 0.3 is 37.3 Å². The first kappa shape index (κ1) is 26.8. The van der Waals surface area contributed by atoms with E-state index in [-0.39, 0.29) is 44.4 Å².